The van der Waals surface area contributed by atoms with Crippen molar-refractivity contribution in [3.05, 3.63) is 18.0 Å². The summed E-state index contributed by atoms with van der Waals surface area (Å²) in [6.07, 6.45) is -0.0717. The van der Waals surface area contributed by atoms with Crippen LogP contribution in [0.2, 0.25) is 0 Å². The molecule has 1 aromatic heterocycles. The molecule has 4 nitrogen and oxygen atoms in total. The van der Waals surface area contributed by atoms with Crippen molar-refractivity contribution in [2.45, 2.75) is 25.4 Å². The third kappa shape index (κ3) is 4.33. The van der Waals surface area contributed by atoms with Crippen molar-refractivity contribution in [3.8, 4) is 0 Å². The summed E-state index contributed by atoms with van der Waals surface area (Å²) < 4.78 is 37.5. The molecule has 0 unspecified atom stereocenters. The number of anilines is 1. The largest absolute Gasteiger partial charge is 0.433 e. The number of rotatable bonds is 4. The predicted octanol–water partition coefficient (Wildman–Crippen LogP) is 2.64. The lowest BCUT2D eigenvalue weighted by Gasteiger charge is -2.28. The van der Waals surface area contributed by atoms with E-state index in [4.69, 9.17) is 0 Å². The van der Waals surface area contributed by atoms with Gasteiger partial charge in [0.25, 0.3) is 0 Å². The summed E-state index contributed by atoms with van der Waals surface area (Å²) in [5.41, 5.74) is -0.908. The molecule has 0 bridgehead atoms. The molecular weight excluding hydrogens is 269 g/mol. The molecule has 2 rings (SSSR count). The van der Waals surface area contributed by atoms with Gasteiger partial charge in [-0.2, -0.15) is 13.2 Å². The van der Waals surface area contributed by atoms with Gasteiger partial charge in [0.2, 0.25) is 5.95 Å². The lowest BCUT2D eigenvalue weighted by molar-refractivity contribution is -0.141. The second-order valence-electron chi connectivity index (χ2n) is 5.23. The van der Waals surface area contributed by atoms with Gasteiger partial charge in [-0.05, 0) is 51.4 Å². The molecule has 1 N–H and O–H groups in total. The third-order valence-electron chi connectivity index (χ3n) is 3.62. The Morgan fingerprint density at radius 1 is 1.35 bits per heavy atom. The molecule has 1 fully saturated rings. The van der Waals surface area contributed by atoms with E-state index >= 15 is 0 Å². The van der Waals surface area contributed by atoms with Gasteiger partial charge >= 0.3 is 6.18 Å². The summed E-state index contributed by atoms with van der Waals surface area (Å²) in [5, 5.41) is 2.88. The number of nitrogens with one attached hydrogen (secondary N) is 1. The van der Waals surface area contributed by atoms with Crippen LogP contribution in [0.4, 0.5) is 19.1 Å². The second-order valence-corrected chi connectivity index (χ2v) is 5.23. The average Bonchev–Trinajstić information content (AvgIpc) is 2.40. The van der Waals surface area contributed by atoms with Crippen molar-refractivity contribution in [2.24, 2.45) is 5.92 Å². The number of halogens is 3. The summed E-state index contributed by atoms with van der Waals surface area (Å²) in [5.74, 6) is 0.678. The highest BCUT2D eigenvalue weighted by Crippen LogP contribution is 2.27. The zero-order chi connectivity index (χ0) is 14.6. The number of nitrogens with zero attached hydrogens (tertiary/aromatic N) is 3. The molecule has 2 heterocycles. The highest BCUT2D eigenvalue weighted by atomic mass is 19.4. The molecule has 0 atom stereocenters. The summed E-state index contributed by atoms with van der Waals surface area (Å²) in [4.78, 5) is 9.59. The van der Waals surface area contributed by atoms with E-state index in [1.165, 1.54) is 0 Å². The Morgan fingerprint density at radius 3 is 2.70 bits per heavy atom. The van der Waals surface area contributed by atoms with Crippen molar-refractivity contribution in [1.29, 1.82) is 0 Å². The minimum Gasteiger partial charge on any atom is -0.354 e. The van der Waals surface area contributed by atoms with Crippen LogP contribution in [0.3, 0.4) is 0 Å². The molecule has 112 valence electrons. The molecule has 0 radical (unpaired) electrons. The topological polar surface area (TPSA) is 41.0 Å². The molecule has 0 aliphatic carbocycles. The monoisotopic (exact) mass is 288 g/mol. The Hall–Kier alpha value is -1.37. The smallest absolute Gasteiger partial charge is 0.354 e. The minimum absolute atomic E-state index is 0.0488. The maximum absolute atomic E-state index is 12.5. The van der Waals surface area contributed by atoms with Gasteiger partial charge in [0.1, 0.15) is 5.69 Å². The van der Waals surface area contributed by atoms with Gasteiger partial charge in [-0.15, -0.1) is 0 Å². The molecule has 1 aliphatic heterocycles. The number of hydrogen-bond donors (Lipinski definition) is 1. The lowest BCUT2D eigenvalue weighted by atomic mass is 9.94. The quantitative estimate of drug-likeness (QED) is 0.924. The van der Waals surface area contributed by atoms with Crippen LogP contribution in [0, 0.1) is 5.92 Å². The maximum atomic E-state index is 12.5. The van der Waals surface area contributed by atoms with E-state index in [2.05, 4.69) is 27.2 Å². The zero-order valence-corrected chi connectivity index (χ0v) is 11.5. The first-order valence-electron chi connectivity index (χ1n) is 6.78. The number of likely N-dealkylation sites (tertiary alicyclic amines) is 1. The van der Waals surface area contributed by atoms with Gasteiger partial charge in [-0.3, -0.25) is 0 Å². The molecular formula is C13H19F3N4. The van der Waals surface area contributed by atoms with Gasteiger partial charge in [-0.25, -0.2) is 9.97 Å². The van der Waals surface area contributed by atoms with Crippen LogP contribution >= 0.6 is 0 Å². The lowest BCUT2D eigenvalue weighted by Crippen LogP contribution is -2.31. The molecule has 1 aromatic rings. The van der Waals surface area contributed by atoms with Crippen molar-refractivity contribution < 1.29 is 13.2 Å². The van der Waals surface area contributed by atoms with Crippen LogP contribution in [-0.2, 0) is 6.18 Å². The van der Waals surface area contributed by atoms with E-state index in [9.17, 15) is 13.2 Å². The third-order valence-corrected chi connectivity index (χ3v) is 3.62. The van der Waals surface area contributed by atoms with Crippen LogP contribution in [0.1, 0.15) is 25.0 Å². The van der Waals surface area contributed by atoms with Crippen LogP contribution < -0.4 is 5.32 Å². The van der Waals surface area contributed by atoms with Gasteiger partial charge in [0, 0.05) is 12.7 Å². The van der Waals surface area contributed by atoms with Crippen LogP contribution in [0.15, 0.2) is 12.3 Å². The summed E-state index contributed by atoms with van der Waals surface area (Å²) >= 11 is 0. The van der Waals surface area contributed by atoms with Crippen LogP contribution in [0.5, 0.6) is 0 Å². The standard InChI is InChI=1S/C13H19F3N4/c1-20-8-4-10(5-9-20)2-6-17-12-18-7-3-11(19-12)13(14,15)16/h3,7,10H,2,4-6,8-9H2,1H3,(H,17,18,19). The fourth-order valence-corrected chi connectivity index (χ4v) is 2.34. The molecule has 0 saturated carbocycles. The van der Waals surface area contributed by atoms with Gasteiger partial charge in [0.15, 0.2) is 0 Å². The Balaban J connectivity index is 1.79. The fourth-order valence-electron chi connectivity index (χ4n) is 2.34. The van der Waals surface area contributed by atoms with E-state index in [1.54, 1.807) is 0 Å². The van der Waals surface area contributed by atoms with Crippen LogP contribution in [-0.4, -0.2) is 41.5 Å². The van der Waals surface area contributed by atoms with Gasteiger partial charge in [0.05, 0.1) is 0 Å². The Morgan fingerprint density at radius 2 is 2.05 bits per heavy atom. The second kappa shape index (κ2) is 6.39. The van der Waals surface area contributed by atoms with E-state index in [-0.39, 0.29) is 5.95 Å². The molecule has 0 aromatic carbocycles. The van der Waals surface area contributed by atoms with Crippen LogP contribution in [0.25, 0.3) is 0 Å². The fraction of sp³-hybridized carbons (Fsp3) is 0.692. The van der Waals surface area contributed by atoms with E-state index in [0.29, 0.717) is 12.5 Å². The highest BCUT2D eigenvalue weighted by Gasteiger charge is 2.32. The number of alkyl halides is 3. The predicted molar refractivity (Wildman–Crippen MR) is 70.4 cm³/mol. The minimum atomic E-state index is -4.42. The Bertz CT molecular complexity index is 428. The molecule has 0 spiro atoms. The Labute approximate surface area is 116 Å². The van der Waals surface area contributed by atoms with Crippen molar-refractivity contribution in [3.63, 3.8) is 0 Å². The highest BCUT2D eigenvalue weighted by molar-refractivity contribution is 5.25. The zero-order valence-electron chi connectivity index (χ0n) is 11.5. The average molecular weight is 288 g/mol. The van der Waals surface area contributed by atoms with Crippen molar-refractivity contribution >= 4 is 5.95 Å². The van der Waals surface area contributed by atoms with E-state index < -0.39 is 11.9 Å². The SMILES string of the molecule is CN1CCC(CCNc2nccc(C(F)(F)F)n2)CC1. The van der Waals surface area contributed by atoms with E-state index in [1.807, 2.05) is 0 Å². The van der Waals surface area contributed by atoms with Gasteiger partial charge < -0.3 is 10.2 Å². The first-order valence-corrected chi connectivity index (χ1v) is 6.78. The Kier molecular flexibility index (Phi) is 4.80. The molecule has 1 saturated heterocycles. The summed E-state index contributed by atoms with van der Waals surface area (Å²) in [6.45, 7) is 2.78. The van der Waals surface area contributed by atoms with Crippen molar-refractivity contribution in [2.75, 3.05) is 32.0 Å². The maximum Gasteiger partial charge on any atom is 0.433 e. The normalized spacial score (nSPS) is 18.2. The first-order chi connectivity index (χ1) is 9.45. The number of hydrogen-bond acceptors (Lipinski definition) is 4. The summed E-state index contributed by atoms with van der Waals surface area (Å²) in [7, 11) is 2.10. The molecule has 1 aliphatic rings. The summed E-state index contributed by atoms with van der Waals surface area (Å²) in [6, 6.07) is 0.877. The number of aromatic nitrogens is 2. The number of piperidine rings is 1. The molecule has 7 heteroatoms. The van der Waals surface area contributed by atoms with Gasteiger partial charge in [-0.1, -0.05) is 0 Å². The first kappa shape index (κ1) is 15.0. The molecule has 0 amide bonds. The molecule has 20 heavy (non-hydrogen) atoms. The van der Waals surface area contributed by atoms with E-state index in [0.717, 1.165) is 44.6 Å². The van der Waals surface area contributed by atoms with Crippen molar-refractivity contribution in [1.82, 2.24) is 14.9 Å².